The monoisotopic (exact) mass is 243 g/mol. The van der Waals surface area contributed by atoms with Crippen LogP contribution in [0, 0.1) is 0 Å². The SMILES string of the molecule is NCCC(=O)c1sc2c(c1Cl)CCCC2. The van der Waals surface area contributed by atoms with Crippen LogP contribution in [-0.2, 0) is 12.8 Å². The second kappa shape index (κ2) is 4.64. The average molecular weight is 244 g/mol. The molecule has 0 saturated heterocycles. The van der Waals surface area contributed by atoms with Crippen LogP contribution >= 0.6 is 22.9 Å². The van der Waals surface area contributed by atoms with Crippen molar-refractivity contribution in [1.29, 1.82) is 0 Å². The molecule has 0 fully saturated rings. The number of fused-ring (bicyclic) bond motifs is 1. The second-order valence-electron chi connectivity index (χ2n) is 3.82. The van der Waals surface area contributed by atoms with E-state index < -0.39 is 0 Å². The molecule has 1 aliphatic carbocycles. The van der Waals surface area contributed by atoms with Crippen LogP contribution in [-0.4, -0.2) is 12.3 Å². The van der Waals surface area contributed by atoms with Crippen LogP contribution in [0.15, 0.2) is 0 Å². The lowest BCUT2D eigenvalue weighted by molar-refractivity contribution is 0.0989. The third-order valence-electron chi connectivity index (χ3n) is 2.73. The molecule has 82 valence electrons. The maximum absolute atomic E-state index is 11.7. The fourth-order valence-electron chi connectivity index (χ4n) is 1.95. The number of Topliss-reactive ketones (excluding diaryl/α,β-unsaturated/α-hetero) is 1. The summed E-state index contributed by atoms with van der Waals surface area (Å²) in [5, 5.41) is 0.702. The van der Waals surface area contributed by atoms with Gasteiger partial charge in [-0.1, -0.05) is 11.6 Å². The Kier molecular flexibility index (Phi) is 3.44. The Balaban J connectivity index is 2.32. The van der Waals surface area contributed by atoms with Crippen molar-refractivity contribution in [1.82, 2.24) is 0 Å². The van der Waals surface area contributed by atoms with E-state index in [1.165, 1.54) is 23.3 Å². The van der Waals surface area contributed by atoms with E-state index in [1.807, 2.05) is 0 Å². The Morgan fingerprint density at radius 1 is 1.40 bits per heavy atom. The Hall–Kier alpha value is -0.380. The van der Waals surface area contributed by atoms with E-state index in [0.717, 1.165) is 17.7 Å². The van der Waals surface area contributed by atoms with E-state index in [2.05, 4.69) is 0 Å². The molecular formula is C11H14ClNOS. The van der Waals surface area contributed by atoms with Gasteiger partial charge in [0.2, 0.25) is 0 Å². The largest absolute Gasteiger partial charge is 0.330 e. The summed E-state index contributed by atoms with van der Waals surface area (Å²) in [5.74, 6) is 0.0990. The zero-order valence-electron chi connectivity index (χ0n) is 8.51. The highest BCUT2D eigenvalue weighted by Crippen LogP contribution is 2.38. The minimum absolute atomic E-state index is 0.0990. The van der Waals surface area contributed by atoms with E-state index in [0.29, 0.717) is 18.0 Å². The van der Waals surface area contributed by atoms with Gasteiger partial charge in [-0.2, -0.15) is 0 Å². The van der Waals surface area contributed by atoms with E-state index in [-0.39, 0.29) is 5.78 Å². The number of thiophene rings is 1. The zero-order chi connectivity index (χ0) is 10.8. The minimum Gasteiger partial charge on any atom is -0.330 e. The van der Waals surface area contributed by atoms with Crippen molar-refractivity contribution in [2.45, 2.75) is 32.1 Å². The molecule has 0 spiro atoms. The molecule has 4 heteroatoms. The van der Waals surface area contributed by atoms with Gasteiger partial charge in [0.05, 0.1) is 9.90 Å². The van der Waals surface area contributed by atoms with Crippen molar-refractivity contribution in [3.05, 3.63) is 20.3 Å². The van der Waals surface area contributed by atoms with Gasteiger partial charge in [0.15, 0.2) is 5.78 Å². The molecule has 2 rings (SSSR count). The molecule has 1 aromatic heterocycles. The number of carbonyl (C=O) groups excluding carboxylic acids is 1. The van der Waals surface area contributed by atoms with Crippen LogP contribution in [0.4, 0.5) is 0 Å². The van der Waals surface area contributed by atoms with Crippen LogP contribution in [0.25, 0.3) is 0 Å². The zero-order valence-corrected chi connectivity index (χ0v) is 10.1. The fraction of sp³-hybridized carbons (Fsp3) is 0.545. The molecule has 0 bridgehead atoms. The Bertz CT molecular complexity index is 386. The van der Waals surface area contributed by atoms with Crippen LogP contribution < -0.4 is 5.73 Å². The van der Waals surface area contributed by atoms with Crippen molar-refractivity contribution in [2.24, 2.45) is 5.73 Å². The first-order valence-corrected chi connectivity index (χ1v) is 6.46. The summed E-state index contributed by atoms with van der Waals surface area (Å²) in [6.07, 6.45) is 4.91. The number of halogens is 1. The number of hydrogen-bond donors (Lipinski definition) is 1. The van der Waals surface area contributed by atoms with E-state index in [4.69, 9.17) is 17.3 Å². The Morgan fingerprint density at radius 2 is 2.13 bits per heavy atom. The van der Waals surface area contributed by atoms with Gasteiger partial charge in [-0.3, -0.25) is 4.79 Å². The molecule has 1 heterocycles. The number of rotatable bonds is 3. The first kappa shape index (κ1) is 11.1. The van der Waals surface area contributed by atoms with Gasteiger partial charge in [0.1, 0.15) is 0 Å². The minimum atomic E-state index is 0.0990. The highest BCUT2D eigenvalue weighted by molar-refractivity contribution is 7.15. The van der Waals surface area contributed by atoms with Gasteiger partial charge < -0.3 is 5.73 Å². The first-order chi connectivity index (χ1) is 7.24. The average Bonchev–Trinajstić information content (AvgIpc) is 2.57. The van der Waals surface area contributed by atoms with Crippen molar-refractivity contribution >= 4 is 28.7 Å². The maximum Gasteiger partial charge on any atom is 0.175 e. The highest BCUT2D eigenvalue weighted by atomic mass is 35.5. The predicted octanol–water partition coefficient (Wildman–Crippen LogP) is 2.81. The summed E-state index contributed by atoms with van der Waals surface area (Å²) in [6, 6.07) is 0. The number of nitrogens with two attached hydrogens (primary N) is 1. The third kappa shape index (κ3) is 2.10. The maximum atomic E-state index is 11.7. The summed E-state index contributed by atoms with van der Waals surface area (Å²) in [7, 11) is 0. The van der Waals surface area contributed by atoms with E-state index >= 15 is 0 Å². The lowest BCUT2D eigenvalue weighted by atomic mass is 9.99. The lowest BCUT2D eigenvalue weighted by Crippen LogP contribution is -2.07. The quantitative estimate of drug-likeness (QED) is 0.830. The Labute approximate surface area is 98.4 Å². The molecule has 2 nitrogen and oxygen atoms in total. The lowest BCUT2D eigenvalue weighted by Gasteiger charge is -2.09. The highest BCUT2D eigenvalue weighted by Gasteiger charge is 2.22. The van der Waals surface area contributed by atoms with E-state index in [9.17, 15) is 4.79 Å². The van der Waals surface area contributed by atoms with Crippen molar-refractivity contribution in [2.75, 3.05) is 6.54 Å². The summed E-state index contributed by atoms with van der Waals surface area (Å²) in [6.45, 7) is 0.401. The standard InChI is InChI=1S/C11H14ClNOS/c12-10-7-3-1-2-4-9(7)15-11(10)8(14)5-6-13/h1-6,13H2. The molecule has 0 unspecified atom stereocenters. The van der Waals surface area contributed by atoms with Crippen LogP contribution in [0.2, 0.25) is 5.02 Å². The number of aryl methyl sites for hydroxylation is 1. The van der Waals surface area contributed by atoms with Crippen LogP contribution in [0.1, 0.15) is 39.4 Å². The fourth-order valence-corrected chi connectivity index (χ4v) is 3.69. The van der Waals surface area contributed by atoms with Gasteiger partial charge >= 0.3 is 0 Å². The van der Waals surface area contributed by atoms with E-state index in [1.54, 1.807) is 11.3 Å². The molecule has 1 aliphatic rings. The molecule has 2 N–H and O–H groups in total. The molecule has 0 saturated carbocycles. The number of carbonyl (C=O) groups is 1. The molecule has 0 amide bonds. The molecular weight excluding hydrogens is 230 g/mol. The molecule has 15 heavy (non-hydrogen) atoms. The molecule has 0 atom stereocenters. The van der Waals surface area contributed by atoms with Crippen molar-refractivity contribution < 1.29 is 4.79 Å². The third-order valence-corrected chi connectivity index (χ3v) is 4.59. The molecule has 0 aromatic carbocycles. The molecule has 1 aromatic rings. The predicted molar refractivity (Wildman–Crippen MR) is 64.0 cm³/mol. The van der Waals surface area contributed by atoms with Crippen molar-refractivity contribution in [3.8, 4) is 0 Å². The molecule has 0 radical (unpaired) electrons. The number of hydrogen-bond acceptors (Lipinski definition) is 3. The van der Waals surface area contributed by atoms with Gasteiger partial charge in [0.25, 0.3) is 0 Å². The summed E-state index contributed by atoms with van der Waals surface area (Å²) < 4.78 is 0. The van der Waals surface area contributed by atoms with Gasteiger partial charge in [-0.25, -0.2) is 0 Å². The summed E-state index contributed by atoms with van der Waals surface area (Å²) in [5.41, 5.74) is 6.60. The molecule has 0 aliphatic heterocycles. The second-order valence-corrected chi connectivity index (χ2v) is 5.30. The van der Waals surface area contributed by atoms with Crippen LogP contribution in [0.3, 0.4) is 0 Å². The smallest absolute Gasteiger partial charge is 0.175 e. The number of ketones is 1. The summed E-state index contributed by atoms with van der Waals surface area (Å²) in [4.78, 5) is 13.8. The van der Waals surface area contributed by atoms with Gasteiger partial charge in [-0.05, 0) is 37.8 Å². The normalized spacial score (nSPS) is 15.1. The van der Waals surface area contributed by atoms with Gasteiger partial charge in [0, 0.05) is 11.3 Å². The first-order valence-electron chi connectivity index (χ1n) is 5.27. The topological polar surface area (TPSA) is 43.1 Å². The van der Waals surface area contributed by atoms with Crippen LogP contribution in [0.5, 0.6) is 0 Å². The Morgan fingerprint density at radius 3 is 2.80 bits per heavy atom. The summed E-state index contributed by atoms with van der Waals surface area (Å²) >= 11 is 7.79. The van der Waals surface area contributed by atoms with Crippen molar-refractivity contribution in [3.63, 3.8) is 0 Å². The van der Waals surface area contributed by atoms with Gasteiger partial charge in [-0.15, -0.1) is 11.3 Å².